The number of nitrogens with two attached hydrogens (primary N) is 1. The molecule has 3 aromatic carbocycles. The highest BCUT2D eigenvalue weighted by Crippen LogP contribution is 2.31. The van der Waals surface area contributed by atoms with Crippen molar-refractivity contribution in [2.75, 3.05) is 85.5 Å². The predicted molar refractivity (Wildman–Crippen MR) is 276 cm³/mol. The van der Waals surface area contributed by atoms with Gasteiger partial charge >= 0.3 is 18.0 Å². The first-order chi connectivity index (χ1) is 35.7. The van der Waals surface area contributed by atoms with E-state index in [0.717, 1.165) is 36.0 Å². The molecule has 2 aliphatic rings. The molecule has 5 rings (SSSR count). The van der Waals surface area contributed by atoms with E-state index in [-0.39, 0.29) is 101 Å². The van der Waals surface area contributed by atoms with Gasteiger partial charge in [-0.1, -0.05) is 112 Å². The molecule has 6 atom stereocenters. The molecule has 0 aliphatic carbocycles. The van der Waals surface area contributed by atoms with Crippen LogP contribution in [0, 0.1) is 23.2 Å². The first-order valence-electron chi connectivity index (χ1n) is 26.1. The molecule has 3 aromatic rings. The molecule has 3 unspecified atom stereocenters. The largest absolute Gasteiger partial charge is 0.516 e. The van der Waals surface area contributed by atoms with Crippen LogP contribution in [0.15, 0.2) is 91.0 Å². The number of likely N-dealkylation sites (tertiary alicyclic amines) is 1. The molecule has 0 saturated carbocycles. The number of nitrogens with one attached hydrogen (secondary N) is 3. The van der Waals surface area contributed by atoms with Crippen molar-refractivity contribution >= 4 is 35.6 Å². The van der Waals surface area contributed by atoms with E-state index in [0.29, 0.717) is 45.8 Å². The predicted octanol–water partition coefficient (Wildman–Crippen LogP) is 5.00. The molecule has 2 saturated heterocycles. The summed E-state index contributed by atoms with van der Waals surface area (Å²) in [4.78, 5) is 81.8. The first-order valence-corrected chi connectivity index (χ1v) is 26.1. The van der Waals surface area contributed by atoms with Gasteiger partial charge < -0.3 is 55.2 Å². The minimum absolute atomic E-state index is 0.0146. The monoisotopic (exact) mass is 1030 g/mol. The fourth-order valence-electron chi connectivity index (χ4n) is 9.46. The second kappa shape index (κ2) is 31.3. The Labute approximate surface area is 436 Å². The fourth-order valence-corrected chi connectivity index (χ4v) is 9.46. The van der Waals surface area contributed by atoms with Crippen molar-refractivity contribution in [3.63, 3.8) is 0 Å². The van der Waals surface area contributed by atoms with Gasteiger partial charge in [-0.2, -0.15) is 4.79 Å². The number of hydrogen-bond acceptors (Lipinski definition) is 14. The minimum atomic E-state index is -1.44. The number of carboxylic acid groups (broad SMARTS) is 1. The van der Waals surface area contributed by atoms with Gasteiger partial charge in [0, 0.05) is 18.9 Å². The number of benzene rings is 3. The standard InChI is InChI=1S/C56H79N5O13/c1-56(2,3)50(53(65)66)72-35-34-71-33-32-70-31-30-69-29-25-59-51(63)47(36-41-16-8-4-9-17-41)60-52(64)49(57)46(54(67)73-39-42-18-10-5-11-19-42)37-44-38-58-24-22-45(44)48(62)23-28-61(26-14-7-15-27-61)55(68)74-40-43-20-12-6-13-21-43/h4-6,8-13,16-21,44-47,49-50,58H,7,14-15,22-40,57H2,1-3H3,(H2-,59,60,63,64,65,66)/p+1/t44?,45-,46?,47+,49+,50?/m1/s1. The molecular formula is C56H80N5O13+. The quantitative estimate of drug-likeness (QED) is 0.0324. The van der Waals surface area contributed by atoms with Crippen molar-refractivity contribution in [3.8, 4) is 0 Å². The lowest BCUT2D eigenvalue weighted by atomic mass is 9.75. The number of carbonyl (C=O) groups is 6. The highest BCUT2D eigenvalue weighted by Gasteiger charge is 2.44. The van der Waals surface area contributed by atoms with Crippen LogP contribution in [0.3, 0.4) is 0 Å². The second-order valence-corrected chi connectivity index (χ2v) is 20.3. The number of amides is 3. The zero-order valence-corrected chi connectivity index (χ0v) is 43.6. The van der Waals surface area contributed by atoms with E-state index >= 15 is 0 Å². The molecule has 0 spiro atoms. The minimum Gasteiger partial charge on any atom is -0.479 e. The normalized spacial score (nSPS) is 18.2. The molecule has 74 heavy (non-hydrogen) atoms. The van der Waals surface area contributed by atoms with Gasteiger partial charge in [0.1, 0.15) is 25.0 Å². The third-order valence-corrected chi connectivity index (χ3v) is 13.6. The van der Waals surface area contributed by atoms with E-state index in [4.69, 9.17) is 34.2 Å². The first kappa shape index (κ1) is 59.3. The van der Waals surface area contributed by atoms with Gasteiger partial charge in [-0.3, -0.25) is 19.2 Å². The Morgan fingerprint density at radius 2 is 1.28 bits per heavy atom. The van der Waals surface area contributed by atoms with Crippen LogP contribution in [0.2, 0.25) is 0 Å². The molecule has 0 aromatic heterocycles. The van der Waals surface area contributed by atoms with Crippen molar-refractivity contribution in [2.45, 2.75) is 97.1 Å². The van der Waals surface area contributed by atoms with Gasteiger partial charge in [0.15, 0.2) is 6.10 Å². The van der Waals surface area contributed by atoms with Crippen LogP contribution in [0.1, 0.15) is 76.0 Å². The lowest BCUT2D eigenvalue weighted by Crippen LogP contribution is -2.57. The van der Waals surface area contributed by atoms with Crippen LogP contribution < -0.4 is 21.7 Å². The van der Waals surface area contributed by atoms with Crippen molar-refractivity contribution in [3.05, 3.63) is 108 Å². The number of carboxylic acids is 1. The maximum Gasteiger partial charge on any atom is 0.516 e. The van der Waals surface area contributed by atoms with E-state index in [2.05, 4.69) is 16.0 Å². The summed E-state index contributed by atoms with van der Waals surface area (Å²) in [7, 11) is 0. The molecule has 6 N–H and O–H groups in total. The lowest BCUT2D eigenvalue weighted by molar-refractivity contribution is -0.862. The number of hydrogen-bond donors (Lipinski definition) is 5. The molecule has 0 radical (unpaired) electrons. The van der Waals surface area contributed by atoms with Crippen molar-refractivity contribution < 1.29 is 66.8 Å². The Hall–Kier alpha value is -5.60. The Bertz CT molecular complexity index is 2170. The summed E-state index contributed by atoms with van der Waals surface area (Å²) in [6.07, 6.45) is 2.30. The average molecular weight is 1030 g/mol. The zero-order chi connectivity index (χ0) is 53.2. The van der Waals surface area contributed by atoms with Crippen LogP contribution in [-0.4, -0.2) is 149 Å². The van der Waals surface area contributed by atoms with Gasteiger partial charge in [0.2, 0.25) is 11.8 Å². The van der Waals surface area contributed by atoms with Crippen LogP contribution in [0.4, 0.5) is 4.79 Å². The van der Waals surface area contributed by atoms with E-state index in [1.807, 2.05) is 91.0 Å². The average Bonchev–Trinajstić information content (AvgIpc) is 3.40. The molecule has 406 valence electrons. The Kier molecular flexibility index (Phi) is 25.1. The number of rotatable bonds is 31. The summed E-state index contributed by atoms with van der Waals surface area (Å²) in [6.45, 7) is 9.74. The number of quaternary nitrogens is 1. The zero-order valence-electron chi connectivity index (χ0n) is 43.6. The highest BCUT2D eigenvalue weighted by molar-refractivity contribution is 5.92. The van der Waals surface area contributed by atoms with Crippen LogP contribution in [-0.2, 0) is 72.0 Å². The van der Waals surface area contributed by atoms with Crippen molar-refractivity contribution in [1.82, 2.24) is 16.0 Å². The Balaban J connectivity index is 1.17. The SMILES string of the molecule is CC(C)(C)C(OCCOCCOCCOCCNC(=O)[C@H](Cc1ccccc1)NC(=O)[C@@H](N)C(CC1CNCC[C@H]1C(=O)CC[N+]1(C(=O)OCc2ccccc2)CCCCC1)C(=O)OCc1ccccc1)C(=O)O. The summed E-state index contributed by atoms with van der Waals surface area (Å²) in [5.41, 5.74) is 8.65. The molecule has 2 aliphatic heterocycles. The molecule has 2 fully saturated rings. The van der Waals surface area contributed by atoms with Gasteiger partial charge in [0.25, 0.3) is 0 Å². The van der Waals surface area contributed by atoms with Gasteiger partial charge in [-0.25, -0.2) is 9.28 Å². The number of piperidine rings is 2. The summed E-state index contributed by atoms with van der Waals surface area (Å²) in [5, 5.41) is 18.4. The Morgan fingerprint density at radius 3 is 1.86 bits per heavy atom. The maximum absolute atomic E-state index is 14.3. The van der Waals surface area contributed by atoms with Gasteiger partial charge in [-0.15, -0.1) is 0 Å². The summed E-state index contributed by atoms with van der Waals surface area (Å²) in [5.74, 6) is -4.95. The molecule has 3 amide bonds. The molecule has 2 heterocycles. The Morgan fingerprint density at radius 1 is 0.730 bits per heavy atom. The van der Waals surface area contributed by atoms with E-state index in [1.54, 1.807) is 20.8 Å². The van der Waals surface area contributed by atoms with Crippen LogP contribution >= 0.6 is 0 Å². The van der Waals surface area contributed by atoms with Crippen LogP contribution in [0.5, 0.6) is 0 Å². The summed E-state index contributed by atoms with van der Waals surface area (Å²) < 4.78 is 33.9. The maximum atomic E-state index is 14.3. The number of carbonyl (C=O) groups excluding carboxylic acids is 5. The van der Waals surface area contributed by atoms with Gasteiger partial charge in [-0.05, 0) is 73.2 Å². The number of ether oxygens (including phenoxy) is 6. The molecular weight excluding hydrogens is 951 g/mol. The summed E-state index contributed by atoms with van der Waals surface area (Å²) >= 11 is 0. The topological polar surface area (TPSA) is 240 Å². The van der Waals surface area contributed by atoms with Crippen molar-refractivity contribution in [2.24, 2.45) is 28.9 Å². The molecule has 18 heteroatoms. The molecule has 0 bridgehead atoms. The van der Waals surface area contributed by atoms with E-state index in [9.17, 15) is 33.9 Å². The number of nitrogens with zero attached hydrogens (tertiary/aromatic N) is 1. The smallest absolute Gasteiger partial charge is 0.479 e. The fraction of sp³-hybridized carbons (Fsp3) is 0.571. The van der Waals surface area contributed by atoms with E-state index < -0.39 is 59.2 Å². The second-order valence-electron chi connectivity index (χ2n) is 20.3. The molecule has 18 nitrogen and oxygen atoms in total. The van der Waals surface area contributed by atoms with Crippen molar-refractivity contribution in [1.29, 1.82) is 0 Å². The lowest BCUT2D eigenvalue weighted by Gasteiger charge is -2.38. The third-order valence-electron chi connectivity index (χ3n) is 13.6. The third kappa shape index (κ3) is 19.9. The number of esters is 1. The highest BCUT2D eigenvalue weighted by atomic mass is 16.6. The van der Waals surface area contributed by atoms with Crippen LogP contribution in [0.25, 0.3) is 0 Å². The van der Waals surface area contributed by atoms with Gasteiger partial charge in [0.05, 0.1) is 84.3 Å². The number of ketones is 1. The number of aliphatic carboxylic acids is 1. The summed E-state index contributed by atoms with van der Waals surface area (Å²) in [6, 6.07) is 25.4. The number of Topliss-reactive ketones (excluding diaryl/α,β-unsaturated/α-hetero) is 1. The van der Waals surface area contributed by atoms with E-state index in [1.165, 1.54) is 0 Å².